The molecule has 0 N–H and O–H groups in total. The molecule has 0 spiro atoms. The molecule has 1 aromatic heterocycles. The van der Waals surface area contributed by atoms with Gasteiger partial charge in [-0.3, -0.25) is 4.98 Å². The standard InChI is InChI=1S/C8H5F3N2O/c1-14-7-4-13-3-6(5(7)2-12)8(9,10)11/h3-4H,1H3. The molecule has 0 aliphatic carbocycles. The second-order valence-corrected chi connectivity index (χ2v) is 2.37. The predicted octanol–water partition coefficient (Wildman–Crippen LogP) is 1.98. The Bertz CT molecular complexity index is 381. The van der Waals surface area contributed by atoms with Crippen molar-refractivity contribution in [3.05, 3.63) is 23.5 Å². The fourth-order valence-corrected chi connectivity index (χ4v) is 0.926. The third-order valence-corrected chi connectivity index (χ3v) is 1.55. The average Bonchev–Trinajstić information content (AvgIpc) is 2.15. The van der Waals surface area contributed by atoms with Gasteiger partial charge in [-0.15, -0.1) is 0 Å². The molecule has 0 fully saturated rings. The third-order valence-electron chi connectivity index (χ3n) is 1.55. The summed E-state index contributed by atoms with van der Waals surface area (Å²) in [6, 6.07) is 1.44. The summed E-state index contributed by atoms with van der Waals surface area (Å²) >= 11 is 0. The number of methoxy groups -OCH3 is 1. The van der Waals surface area contributed by atoms with E-state index in [1.165, 1.54) is 13.2 Å². The lowest BCUT2D eigenvalue weighted by molar-refractivity contribution is -0.138. The van der Waals surface area contributed by atoms with Crippen LogP contribution >= 0.6 is 0 Å². The Balaban J connectivity index is 3.39. The Hall–Kier alpha value is -1.77. The third kappa shape index (κ3) is 1.76. The van der Waals surface area contributed by atoms with Crippen LogP contribution in [0.1, 0.15) is 11.1 Å². The minimum absolute atomic E-state index is 0.178. The fourth-order valence-electron chi connectivity index (χ4n) is 0.926. The van der Waals surface area contributed by atoms with Gasteiger partial charge in [0, 0.05) is 6.20 Å². The van der Waals surface area contributed by atoms with Crippen molar-refractivity contribution in [2.75, 3.05) is 7.11 Å². The summed E-state index contributed by atoms with van der Waals surface area (Å²) in [5.74, 6) is -0.178. The number of pyridine rings is 1. The molecular weight excluding hydrogens is 197 g/mol. The number of aromatic nitrogens is 1. The monoisotopic (exact) mass is 202 g/mol. The molecule has 0 aliphatic heterocycles. The Labute approximate surface area is 77.7 Å². The number of ether oxygens (including phenoxy) is 1. The molecule has 14 heavy (non-hydrogen) atoms. The molecule has 0 amide bonds. The number of hydrogen-bond donors (Lipinski definition) is 0. The summed E-state index contributed by atoms with van der Waals surface area (Å²) in [4.78, 5) is 3.33. The Morgan fingerprint density at radius 2 is 2.07 bits per heavy atom. The number of alkyl halides is 3. The van der Waals surface area contributed by atoms with E-state index in [1.54, 1.807) is 0 Å². The van der Waals surface area contributed by atoms with Crippen LogP contribution in [0.2, 0.25) is 0 Å². The van der Waals surface area contributed by atoms with E-state index in [0.29, 0.717) is 6.20 Å². The lowest BCUT2D eigenvalue weighted by Gasteiger charge is -2.09. The van der Waals surface area contributed by atoms with Crippen LogP contribution in [0.4, 0.5) is 13.2 Å². The summed E-state index contributed by atoms with van der Waals surface area (Å²) in [7, 11) is 1.18. The van der Waals surface area contributed by atoms with Crippen LogP contribution in [0.3, 0.4) is 0 Å². The SMILES string of the molecule is COc1cncc(C(F)(F)F)c1C#N. The van der Waals surface area contributed by atoms with Crippen LogP contribution in [-0.2, 0) is 6.18 Å². The minimum atomic E-state index is -4.59. The molecule has 0 bridgehead atoms. The van der Waals surface area contributed by atoms with Crippen molar-refractivity contribution >= 4 is 0 Å². The Morgan fingerprint density at radius 3 is 2.50 bits per heavy atom. The molecule has 0 radical (unpaired) electrons. The molecular formula is C8H5F3N2O. The lowest BCUT2D eigenvalue weighted by Crippen LogP contribution is -2.09. The second-order valence-electron chi connectivity index (χ2n) is 2.37. The molecule has 0 aliphatic rings. The first kappa shape index (κ1) is 10.3. The summed E-state index contributed by atoms with van der Waals surface area (Å²) in [5, 5.41) is 8.54. The van der Waals surface area contributed by atoms with E-state index in [-0.39, 0.29) is 5.75 Å². The lowest BCUT2D eigenvalue weighted by atomic mass is 10.1. The van der Waals surface area contributed by atoms with Crippen LogP contribution in [0.25, 0.3) is 0 Å². The van der Waals surface area contributed by atoms with Crippen molar-refractivity contribution in [3.63, 3.8) is 0 Å². The van der Waals surface area contributed by atoms with Crippen molar-refractivity contribution in [2.24, 2.45) is 0 Å². The maximum Gasteiger partial charge on any atom is 0.419 e. The fraction of sp³-hybridized carbons (Fsp3) is 0.250. The average molecular weight is 202 g/mol. The van der Waals surface area contributed by atoms with Crippen molar-refractivity contribution in [1.29, 1.82) is 5.26 Å². The summed E-state index contributed by atoms with van der Waals surface area (Å²) in [6.07, 6.45) is -2.93. The first-order valence-electron chi connectivity index (χ1n) is 3.50. The number of halogens is 3. The number of nitrogens with zero attached hydrogens (tertiary/aromatic N) is 2. The smallest absolute Gasteiger partial charge is 0.419 e. The molecule has 1 rings (SSSR count). The molecule has 1 aromatic rings. The minimum Gasteiger partial charge on any atom is -0.494 e. The van der Waals surface area contributed by atoms with Gasteiger partial charge in [-0.2, -0.15) is 18.4 Å². The Kier molecular flexibility index (Phi) is 2.60. The van der Waals surface area contributed by atoms with Crippen molar-refractivity contribution in [1.82, 2.24) is 4.98 Å². The van der Waals surface area contributed by atoms with E-state index in [2.05, 4.69) is 9.72 Å². The van der Waals surface area contributed by atoms with E-state index in [0.717, 1.165) is 6.20 Å². The first-order valence-corrected chi connectivity index (χ1v) is 3.50. The number of rotatable bonds is 1. The van der Waals surface area contributed by atoms with Gasteiger partial charge in [0.1, 0.15) is 11.6 Å². The zero-order valence-electron chi connectivity index (χ0n) is 7.09. The van der Waals surface area contributed by atoms with Crippen LogP contribution in [-0.4, -0.2) is 12.1 Å². The van der Waals surface area contributed by atoms with E-state index < -0.39 is 17.3 Å². The van der Waals surface area contributed by atoms with E-state index >= 15 is 0 Å². The van der Waals surface area contributed by atoms with Gasteiger partial charge in [0.05, 0.1) is 18.9 Å². The number of nitriles is 1. The molecule has 1 heterocycles. The first-order chi connectivity index (χ1) is 6.50. The molecule has 3 nitrogen and oxygen atoms in total. The molecule has 0 unspecified atom stereocenters. The zero-order valence-corrected chi connectivity index (χ0v) is 7.09. The Morgan fingerprint density at radius 1 is 1.43 bits per heavy atom. The van der Waals surface area contributed by atoms with Crippen molar-refractivity contribution < 1.29 is 17.9 Å². The highest BCUT2D eigenvalue weighted by Crippen LogP contribution is 2.34. The van der Waals surface area contributed by atoms with Gasteiger partial charge in [-0.05, 0) is 0 Å². The quantitative estimate of drug-likeness (QED) is 0.699. The van der Waals surface area contributed by atoms with Gasteiger partial charge >= 0.3 is 6.18 Å². The second kappa shape index (κ2) is 3.54. The summed E-state index contributed by atoms with van der Waals surface area (Å²) < 4.78 is 41.5. The van der Waals surface area contributed by atoms with Crippen LogP contribution in [0.5, 0.6) is 5.75 Å². The van der Waals surface area contributed by atoms with Gasteiger partial charge < -0.3 is 4.74 Å². The zero-order chi connectivity index (χ0) is 10.8. The van der Waals surface area contributed by atoms with Gasteiger partial charge in [0.15, 0.2) is 5.75 Å². The highest BCUT2D eigenvalue weighted by molar-refractivity contribution is 5.47. The predicted molar refractivity (Wildman–Crippen MR) is 40.5 cm³/mol. The normalized spacial score (nSPS) is 10.8. The molecule has 0 saturated heterocycles. The summed E-state index contributed by atoms with van der Waals surface area (Å²) in [5.41, 5.74) is -1.63. The van der Waals surface area contributed by atoms with E-state index in [4.69, 9.17) is 5.26 Å². The largest absolute Gasteiger partial charge is 0.494 e. The molecule has 6 heteroatoms. The molecule has 0 saturated carbocycles. The molecule has 0 atom stereocenters. The topological polar surface area (TPSA) is 45.9 Å². The summed E-state index contributed by atoms with van der Waals surface area (Å²) in [6.45, 7) is 0. The van der Waals surface area contributed by atoms with Gasteiger partial charge in [-0.25, -0.2) is 0 Å². The molecule has 0 aromatic carbocycles. The molecule has 74 valence electrons. The number of hydrogen-bond acceptors (Lipinski definition) is 3. The highest BCUT2D eigenvalue weighted by atomic mass is 19.4. The van der Waals surface area contributed by atoms with Gasteiger partial charge in [0.2, 0.25) is 0 Å². The van der Waals surface area contributed by atoms with Gasteiger partial charge in [0.25, 0.3) is 0 Å². The van der Waals surface area contributed by atoms with Crippen LogP contribution < -0.4 is 4.74 Å². The maximum atomic E-state index is 12.3. The van der Waals surface area contributed by atoms with E-state index in [1.807, 2.05) is 0 Å². The van der Waals surface area contributed by atoms with Crippen molar-refractivity contribution in [2.45, 2.75) is 6.18 Å². The van der Waals surface area contributed by atoms with Crippen LogP contribution in [0, 0.1) is 11.3 Å². The van der Waals surface area contributed by atoms with Crippen molar-refractivity contribution in [3.8, 4) is 11.8 Å². The maximum absolute atomic E-state index is 12.3. The highest BCUT2D eigenvalue weighted by Gasteiger charge is 2.35. The van der Waals surface area contributed by atoms with E-state index in [9.17, 15) is 13.2 Å². The van der Waals surface area contributed by atoms with Crippen LogP contribution in [0.15, 0.2) is 12.4 Å². The van der Waals surface area contributed by atoms with Gasteiger partial charge in [-0.1, -0.05) is 0 Å².